The zero-order chi connectivity index (χ0) is 15.6. The molecule has 0 amide bonds. The van der Waals surface area contributed by atoms with Gasteiger partial charge in [0.05, 0.1) is 5.56 Å². The molecule has 0 saturated heterocycles. The maximum Gasteiger partial charge on any atom is 0.416 e. The standard InChI is InChI=1S/C14H12F3NO2S/c1-8-2-3-9(14(15,16)17)6-11(8)18-7-10-4-5-12(21-10)13(19)20/h2-6,18H,7H2,1H3,(H,19,20). The second kappa shape index (κ2) is 5.77. The van der Waals surface area contributed by atoms with Gasteiger partial charge in [-0.3, -0.25) is 0 Å². The fourth-order valence-corrected chi connectivity index (χ4v) is 2.55. The number of alkyl halides is 3. The van der Waals surface area contributed by atoms with Crippen molar-refractivity contribution >= 4 is 23.0 Å². The van der Waals surface area contributed by atoms with Crippen molar-refractivity contribution < 1.29 is 23.1 Å². The topological polar surface area (TPSA) is 49.3 Å². The number of rotatable bonds is 4. The Balaban J connectivity index is 2.13. The van der Waals surface area contributed by atoms with Gasteiger partial charge in [0.1, 0.15) is 4.88 Å². The van der Waals surface area contributed by atoms with Gasteiger partial charge in [-0.1, -0.05) is 6.07 Å². The molecule has 2 rings (SSSR count). The number of hydrogen-bond donors (Lipinski definition) is 2. The van der Waals surface area contributed by atoms with Crippen molar-refractivity contribution in [1.29, 1.82) is 0 Å². The monoisotopic (exact) mass is 315 g/mol. The molecule has 7 heteroatoms. The average molecular weight is 315 g/mol. The number of carbonyl (C=O) groups is 1. The molecule has 0 aliphatic heterocycles. The van der Waals surface area contributed by atoms with Crippen molar-refractivity contribution in [2.75, 3.05) is 5.32 Å². The van der Waals surface area contributed by atoms with Crippen LogP contribution in [0.2, 0.25) is 0 Å². The van der Waals surface area contributed by atoms with Crippen molar-refractivity contribution in [3.63, 3.8) is 0 Å². The fraction of sp³-hybridized carbons (Fsp3) is 0.214. The Morgan fingerprint density at radius 3 is 2.57 bits per heavy atom. The van der Waals surface area contributed by atoms with Gasteiger partial charge < -0.3 is 10.4 Å². The number of nitrogens with one attached hydrogen (secondary N) is 1. The molecule has 0 saturated carbocycles. The van der Waals surface area contributed by atoms with Crippen LogP contribution in [0.15, 0.2) is 30.3 Å². The van der Waals surface area contributed by atoms with Crippen molar-refractivity contribution in [2.24, 2.45) is 0 Å². The van der Waals surface area contributed by atoms with Crippen molar-refractivity contribution in [3.8, 4) is 0 Å². The third-order valence-corrected chi connectivity index (χ3v) is 3.96. The number of aryl methyl sites for hydroxylation is 1. The lowest BCUT2D eigenvalue weighted by Gasteiger charge is -2.12. The van der Waals surface area contributed by atoms with Crippen LogP contribution in [0.25, 0.3) is 0 Å². The molecule has 0 radical (unpaired) electrons. The van der Waals surface area contributed by atoms with Gasteiger partial charge in [-0.25, -0.2) is 4.79 Å². The first kappa shape index (κ1) is 15.4. The largest absolute Gasteiger partial charge is 0.477 e. The highest BCUT2D eigenvalue weighted by Gasteiger charge is 2.30. The molecule has 0 unspecified atom stereocenters. The second-order valence-corrected chi connectivity index (χ2v) is 5.62. The summed E-state index contributed by atoms with van der Waals surface area (Å²) in [5.41, 5.74) is 0.362. The molecule has 0 bridgehead atoms. The summed E-state index contributed by atoms with van der Waals surface area (Å²) < 4.78 is 38.0. The number of carboxylic acid groups (broad SMARTS) is 1. The highest BCUT2D eigenvalue weighted by atomic mass is 32.1. The maximum atomic E-state index is 12.7. The second-order valence-electron chi connectivity index (χ2n) is 4.45. The molecule has 21 heavy (non-hydrogen) atoms. The van der Waals surface area contributed by atoms with Gasteiger partial charge in [-0.05, 0) is 36.8 Å². The van der Waals surface area contributed by atoms with E-state index in [1.807, 2.05) is 0 Å². The highest BCUT2D eigenvalue weighted by Crippen LogP contribution is 2.32. The quantitative estimate of drug-likeness (QED) is 0.880. The maximum absolute atomic E-state index is 12.7. The van der Waals surface area contributed by atoms with E-state index >= 15 is 0 Å². The lowest BCUT2D eigenvalue weighted by molar-refractivity contribution is -0.137. The average Bonchev–Trinajstić information content (AvgIpc) is 2.85. The summed E-state index contributed by atoms with van der Waals surface area (Å²) in [4.78, 5) is 11.7. The van der Waals surface area contributed by atoms with Crippen LogP contribution in [0.3, 0.4) is 0 Å². The summed E-state index contributed by atoms with van der Waals surface area (Å²) in [5, 5.41) is 11.7. The van der Waals surface area contributed by atoms with Crippen LogP contribution in [0.5, 0.6) is 0 Å². The van der Waals surface area contributed by atoms with Gasteiger partial charge in [-0.15, -0.1) is 11.3 Å². The van der Waals surface area contributed by atoms with E-state index in [1.54, 1.807) is 13.0 Å². The molecular weight excluding hydrogens is 303 g/mol. The van der Waals surface area contributed by atoms with Crippen molar-refractivity contribution in [2.45, 2.75) is 19.6 Å². The van der Waals surface area contributed by atoms with E-state index < -0.39 is 17.7 Å². The third-order valence-electron chi connectivity index (χ3n) is 2.89. The summed E-state index contributed by atoms with van der Waals surface area (Å²) >= 11 is 1.09. The van der Waals surface area contributed by atoms with Gasteiger partial charge in [0.25, 0.3) is 0 Å². The Labute approximate surface area is 123 Å². The van der Waals surface area contributed by atoms with E-state index in [1.165, 1.54) is 12.1 Å². The lowest BCUT2D eigenvalue weighted by Crippen LogP contribution is -2.07. The first-order chi connectivity index (χ1) is 9.77. The predicted molar refractivity (Wildman–Crippen MR) is 74.8 cm³/mol. The minimum absolute atomic E-state index is 0.201. The number of benzene rings is 1. The molecule has 3 nitrogen and oxygen atoms in total. The number of thiophene rings is 1. The number of carboxylic acids is 1. The Morgan fingerprint density at radius 1 is 1.29 bits per heavy atom. The van der Waals surface area contributed by atoms with Crippen LogP contribution in [0.1, 0.15) is 25.7 Å². The number of hydrogen-bond acceptors (Lipinski definition) is 3. The highest BCUT2D eigenvalue weighted by molar-refractivity contribution is 7.13. The van der Waals surface area contributed by atoms with Crippen molar-refractivity contribution in [3.05, 3.63) is 51.2 Å². The molecule has 1 aromatic carbocycles. The van der Waals surface area contributed by atoms with Crippen LogP contribution in [0.4, 0.5) is 18.9 Å². The van der Waals surface area contributed by atoms with Gasteiger partial charge >= 0.3 is 12.1 Å². The molecule has 2 aromatic rings. The van der Waals surface area contributed by atoms with Crippen LogP contribution in [0, 0.1) is 6.92 Å². The molecule has 0 atom stereocenters. The lowest BCUT2D eigenvalue weighted by atomic mass is 10.1. The molecule has 1 heterocycles. The molecule has 0 aliphatic rings. The van der Waals surface area contributed by atoms with Gasteiger partial charge in [-0.2, -0.15) is 13.2 Å². The minimum Gasteiger partial charge on any atom is -0.477 e. The van der Waals surface area contributed by atoms with E-state index in [0.29, 0.717) is 11.3 Å². The van der Waals surface area contributed by atoms with Gasteiger partial charge in [0, 0.05) is 17.1 Å². The first-order valence-corrected chi connectivity index (χ1v) is 6.83. The predicted octanol–water partition coefficient (Wildman–Crippen LogP) is 4.39. The normalized spacial score (nSPS) is 11.4. The number of halogens is 3. The van der Waals surface area contributed by atoms with E-state index in [2.05, 4.69) is 5.32 Å². The summed E-state index contributed by atoms with van der Waals surface area (Å²) in [6, 6.07) is 6.62. The number of anilines is 1. The molecule has 112 valence electrons. The zero-order valence-electron chi connectivity index (χ0n) is 11.0. The zero-order valence-corrected chi connectivity index (χ0v) is 11.8. The Bertz CT molecular complexity index is 664. The SMILES string of the molecule is Cc1ccc(C(F)(F)F)cc1NCc1ccc(C(=O)O)s1. The summed E-state index contributed by atoms with van der Waals surface area (Å²) in [5.74, 6) is -1.01. The molecule has 1 aromatic heterocycles. The van der Waals surface area contributed by atoms with Crippen molar-refractivity contribution in [1.82, 2.24) is 0 Å². The summed E-state index contributed by atoms with van der Waals surface area (Å²) in [6.07, 6.45) is -4.39. The van der Waals surface area contributed by atoms with E-state index in [0.717, 1.165) is 28.3 Å². The Kier molecular flexibility index (Phi) is 4.22. The van der Waals surface area contributed by atoms with E-state index in [9.17, 15) is 18.0 Å². The first-order valence-electron chi connectivity index (χ1n) is 6.01. The third kappa shape index (κ3) is 3.75. The molecule has 0 fully saturated rings. The van der Waals surface area contributed by atoms with Crippen LogP contribution in [-0.2, 0) is 12.7 Å². The smallest absolute Gasteiger partial charge is 0.416 e. The summed E-state index contributed by atoms with van der Waals surface area (Å²) in [6.45, 7) is 1.99. The molecular formula is C14H12F3NO2S. The van der Waals surface area contributed by atoms with Crippen LogP contribution in [-0.4, -0.2) is 11.1 Å². The Hall–Kier alpha value is -2.02. The Morgan fingerprint density at radius 2 is 2.00 bits per heavy atom. The molecule has 2 N–H and O–H groups in total. The number of aromatic carboxylic acids is 1. The molecule has 0 aliphatic carbocycles. The molecule has 0 spiro atoms. The van der Waals surface area contributed by atoms with Gasteiger partial charge in [0.15, 0.2) is 0 Å². The van der Waals surface area contributed by atoms with Gasteiger partial charge in [0.2, 0.25) is 0 Å². The van der Waals surface area contributed by atoms with E-state index in [-0.39, 0.29) is 11.4 Å². The minimum atomic E-state index is -4.39. The van der Waals surface area contributed by atoms with E-state index in [4.69, 9.17) is 5.11 Å². The van der Waals surface area contributed by atoms with Crippen LogP contribution >= 0.6 is 11.3 Å². The fourth-order valence-electron chi connectivity index (χ4n) is 1.76. The van der Waals surface area contributed by atoms with Crippen LogP contribution < -0.4 is 5.32 Å². The summed E-state index contributed by atoms with van der Waals surface area (Å²) in [7, 11) is 0.